The van der Waals surface area contributed by atoms with Crippen LogP contribution in [-0.4, -0.2) is 25.4 Å². The fourth-order valence-corrected chi connectivity index (χ4v) is 2.69. The monoisotopic (exact) mass is 289 g/mol. The van der Waals surface area contributed by atoms with Gasteiger partial charge in [0.05, 0.1) is 10.7 Å². The summed E-state index contributed by atoms with van der Waals surface area (Å²) in [6.07, 6.45) is 1.93. The second-order valence-corrected chi connectivity index (χ2v) is 5.04. The third-order valence-corrected chi connectivity index (χ3v) is 3.65. The molecule has 0 aliphatic rings. The molecule has 0 fully saturated rings. The number of fused-ring (bicyclic) bond motifs is 1. The lowest BCUT2D eigenvalue weighted by Crippen LogP contribution is -1.99. The Labute approximate surface area is 120 Å². The minimum Gasteiger partial charge on any atom is -0.476 e. The quantitative estimate of drug-likeness (QED) is 0.789. The number of carboxylic acid groups (broad SMARTS) is 1. The van der Waals surface area contributed by atoms with Crippen LogP contribution in [0.1, 0.15) is 10.5 Å². The topological polar surface area (TPSA) is 60.1 Å². The first-order valence-corrected chi connectivity index (χ1v) is 6.38. The summed E-state index contributed by atoms with van der Waals surface area (Å²) in [5.41, 5.74) is 2.61. The van der Waals surface area contributed by atoms with E-state index in [2.05, 4.69) is 5.10 Å². The number of nitrogens with zero attached hydrogens (tertiary/aromatic N) is 3. The summed E-state index contributed by atoms with van der Waals surface area (Å²) >= 11 is 6.29. The second-order valence-electron chi connectivity index (χ2n) is 4.63. The molecular formula is C14H12ClN3O2. The molecule has 2 heterocycles. The maximum absolute atomic E-state index is 11.0. The molecule has 1 aromatic carbocycles. The van der Waals surface area contributed by atoms with Crippen LogP contribution in [0, 0.1) is 0 Å². The Balaban J connectivity index is 2.33. The zero-order chi connectivity index (χ0) is 14.4. The first-order valence-electron chi connectivity index (χ1n) is 6.00. The smallest absolute Gasteiger partial charge is 0.356 e. The number of benzene rings is 1. The van der Waals surface area contributed by atoms with Crippen LogP contribution in [0.4, 0.5) is 0 Å². The molecule has 0 bridgehead atoms. The fourth-order valence-electron chi connectivity index (χ4n) is 2.42. The molecule has 0 saturated heterocycles. The fraction of sp³-hybridized carbons (Fsp3) is 0.143. The van der Waals surface area contributed by atoms with E-state index < -0.39 is 5.97 Å². The second kappa shape index (κ2) is 4.38. The lowest BCUT2D eigenvalue weighted by molar-refractivity contribution is 0.0689. The largest absolute Gasteiger partial charge is 0.476 e. The molecule has 0 saturated carbocycles. The van der Waals surface area contributed by atoms with E-state index in [0.717, 1.165) is 22.2 Å². The van der Waals surface area contributed by atoms with Crippen molar-refractivity contribution in [3.05, 3.63) is 41.2 Å². The minimum atomic E-state index is -1.04. The van der Waals surface area contributed by atoms with Crippen molar-refractivity contribution in [2.24, 2.45) is 14.1 Å². The number of rotatable bonds is 2. The molecule has 0 spiro atoms. The van der Waals surface area contributed by atoms with Crippen molar-refractivity contribution in [1.82, 2.24) is 14.3 Å². The first-order chi connectivity index (χ1) is 9.49. The minimum absolute atomic E-state index is 0.0200. The van der Waals surface area contributed by atoms with Crippen LogP contribution in [0.2, 0.25) is 5.02 Å². The predicted octanol–water partition coefficient (Wildman–Crippen LogP) is 2.93. The van der Waals surface area contributed by atoms with Crippen molar-refractivity contribution < 1.29 is 9.90 Å². The van der Waals surface area contributed by atoms with Crippen LogP contribution in [0.5, 0.6) is 0 Å². The van der Waals surface area contributed by atoms with Gasteiger partial charge in [-0.1, -0.05) is 17.7 Å². The van der Waals surface area contributed by atoms with Crippen molar-refractivity contribution in [1.29, 1.82) is 0 Å². The molecule has 0 aliphatic carbocycles. The van der Waals surface area contributed by atoms with E-state index in [1.165, 1.54) is 0 Å². The summed E-state index contributed by atoms with van der Waals surface area (Å²) in [4.78, 5) is 11.0. The first kappa shape index (κ1) is 12.7. The summed E-state index contributed by atoms with van der Waals surface area (Å²) in [7, 11) is 3.65. The Bertz CT molecular complexity index is 832. The van der Waals surface area contributed by atoms with Crippen molar-refractivity contribution in [2.45, 2.75) is 0 Å². The zero-order valence-electron chi connectivity index (χ0n) is 11.0. The number of aryl methyl sites for hydroxylation is 2. The standard InChI is InChI=1S/C14H12ClN3O2/c1-17-7-8(13-9(15)4-3-5-11(13)17)12-6-10(14(19)20)16-18(12)2/h3-7H,1-2H3,(H,19,20). The molecule has 20 heavy (non-hydrogen) atoms. The Hall–Kier alpha value is -2.27. The number of aromatic carboxylic acids is 1. The molecule has 5 nitrogen and oxygen atoms in total. The highest BCUT2D eigenvalue weighted by Gasteiger charge is 2.17. The molecule has 2 aromatic heterocycles. The molecule has 0 aliphatic heterocycles. The Kier molecular flexibility index (Phi) is 2.79. The number of aromatic nitrogens is 3. The normalized spacial score (nSPS) is 11.2. The van der Waals surface area contributed by atoms with Gasteiger partial charge in [-0.2, -0.15) is 5.10 Å². The van der Waals surface area contributed by atoms with Gasteiger partial charge in [-0.05, 0) is 18.2 Å². The van der Waals surface area contributed by atoms with Crippen LogP contribution in [0.3, 0.4) is 0 Å². The Morgan fingerprint density at radius 3 is 2.75 bits per heavy atom. The summed E-state index contributed by atoms with van der Waals surface area (Å²) in [5, 5.41) is 14.6. The van der Waals surface area contributed by atoms with Gasteiger partial charge in [0.2, 0.25) is 0 Å². The van der Waals surface area contributed by atoms with Gasteiger partial charge >= 0.3 is 5.97 Å². The van der Waals surface area contributed by atoms with Crippen molar-refractivity contribution in [3.8, 4) is 11.3 Å². The van der Waals surface area contributed by atoms with Gasteiger partial charge in [0.25, 0.3) is 0 Å². The SMILES string of the molecule is Cn1nc(C(=O)O)cc1-c1cn(C)c2cccc(Cl)c12. The van der Waals surface area contributed by atoms with Crippen molar-refractivity contribution >= 4 is 28.5 Å². The average molecular weight is 290 g/mol. The van der Waals surface area contributed by atoms with E-state index in [4.69, 9.17) is 16.7 Å². The third kappa shape index (κ3) is 1.78. The van der Waals surface area contributed by atoms with Gasteiger partial charge in [-0.25, -0.2) is 4.79 Å². The van der Waals surface area contributed by atoms with E-state index in [1.807, 2.05) is 36.0 Å². The third-order valence-electron chi connectivity index (χ3n) is 3.34. The number of carboxylic acids is 1. The molecule has 0 atom stereocenters. The molecule has 102 valence electrons. The maximum atomic E-state index is 11.0. The van der Waals surface area contributed by atoms with Crippen LogP contribution in [0.15, 0.2) is 30.5 Å². The highest BCUT2D eigenvalue weighted by molar-refractivity contribution is 6.36. The van der Waals surface area contributed by atoms with Gasteiger partial charge in [0.1, 0.15) is 0 Å². The van der Waals surface area contributed by atoms with Gasteiger partial charge in [-0.15, -0.1) is 0 Å². The molecule has 3 rings (SSSR count). The number of hydrogen-bond acceptors (Lipinski definition) is 2. The zero-order valence-corrected chi connectivity index (χ0v) is 11.7. The highest BCUT2D eigenvalue weighted by Crippen LogP contribution is 2.35. The Morgan fingerprint density at radius 2 is 2.10 bits per heavy atom. The van der Waals surface area contributed by atoms with Crippen LogP contribution in [-0.2, 0) is 14.1 Å². The number of halogens is 1. The lowest BCUT2D eigenvalue weighted by Gasteiger charge is -2.01. The predicted molar refractivity (Wildman–Crippen MR) is 77.1 cm³/mol. The summed E-state index contributed by atoms with van der Waals surface area (Å²) in [6, 6.07) is 7.24. The number of carbonyl (C=O) groups is 1. The lowest BCUT2D eigenvalue weighted by atomic mass is 10.1. The van der Waals surface area contributed by atoms with Gasteiger partial charge in [0, 0.05) is 36.8 Å². The molecule has 0 unspecified atom stereocenters. The van der Waals surface area contributed by atoms with Gasteiger partial charge in [-0.3, -0.25) is 4.68 Å². The van der Waals surface area contributed by atoms with Crippen molar-refractivity contribution in [3.63, 3.8) is 0 Å². The van der Waals surface area contributed by atoms with Crippen LogP contribution < -0.4 is 0 Å². The molecule has 1 N–H and O–H groups in total. The maximum Gasteiger partial charge on any atom is 0.356 e. The van der Waals surface area contributed by atoms with E-state index >= 15 is 0 Å². The van der Waals surface area contributed by atoms with Crippen molar-refractivity contribution in [2.75, 3.05) is 0 Å². The van der Waals surface area contributed by atoms with Crippen LogP contribution >= 0.6 is 11.6 Å². The van der Waals surface area contributed by atoms with E-state index in [-0.39, 0.29) is 5.69 Å². The summed E-state index contributed by atoms with van der Waals surface area (Å²) in [6.45, 7) is 0. The molecule has 0 amide bonds. The molecule has 0 radical (unpaired) electrons. The highest BCUT2D eigenvalue weighted by atomic mass is 35.5. The van der Waals surface area contributed by atoms with Gasteiger partial charge < -0.3 is 9.67 Å². The summed E-state index contributed by atoms with van der Waals surface area (Å²) < 4.78 is 3.52. The van der Waals surface area contributed by atoms with Gasteiger partial charge in [0.15, 0.2) is 5.69 Å². The van der Waals surface area contributed by atoms with E-state index in [0.29, 0.717) is 5.02 Å². The van der Waals surface area contributed by atoms with E-state index in [9.17, 15) is 4.79 Å². The average Bonchev–Trinajstić information content (AvgIpc) is 2.92. The Morgan fingerprint density at radius 1 is 1.35 bits per heavy atom. The van der Waals surface area contributed by atoms with E-state index in [1.54, 1.807) is 17.8 Å². The number of hydrogen-bond donors (Lipinski definition) is 1. The molecule has 3 aromatic rings. The van der Waals surface area contributed by atoms with Crippen LogP contribution in [0.25, 0.3) is 22.2 Å². The summed E-state index contributed by atoms with van der Waals surface area (Å²) in [5.74, 6) is -1.04. The molecule has 6 heteroatoms. The molecular weight excluding hydrogens is 278 g/mol.